The molecule has 0 aliphatic rings. The maximum Gasteiger partial charge on any atom is 0.218 e. The van der Waals surface area contributed by atoms with Crippen LogP contribution in [0.25, 0.3) is 0 Å². The number of pyridine rings is 1. The van der Waals surface area contributed by atoms with Gasteiger partial charge in [0.15, 0.2) is 0 Å². The molecule has 5 N–H and O–H groups in total. The topological polar surface area (TPSA) is 94.4 Å². The lowest BCUT2D eigenvalue weighted by atomic mass is 10.0. The molecule has 1 aromatic rings. The Morgan fingerprint density at radius 1 is 1.57 bits per heavy atom. The van der Waals surface area contributed by atoms with Crippen LogP contribution in [-0.2, 0) is 0 Å². The lowest BCUT2D eigenvalue weighted by Gasteiger charge is -2.17. The zero-order chi connectivity index (χ0) is 10.7. The monoisotopic (exact) mass is 197 g/mol. The third-order valence-electron chi connectivity index (χ3n) is 1.97. The van der Waals surface area contributed by atoms with Crippen LogP contribution in [0.3, 0.4) is 0 Å². The molecule has 0 fully saturated rings. The molecule has 0 amide bonds. The van der Waals surface area contributed by atoms with Crippen LogP contribution in [-0.4, -0.2) is 23.3 Å². The molecule has 0 bridgehead atoms. The number of anilines is 1. The van der Waals surface area contributed by atoms with Gasteiger partial charge in [-0.25, -0.2) is 4.98 Å². The summed E-state index contributed by atoms with van der Waals surface area (Å²) in [5, 5.41) is 9.34. The van der Waals surface area contributed by atoms with E-state index in [1.807, 2.05) is 0 Å². The van der Waals surface area contributed by atoms with Crippen LogP contribution in [0.5, 0.6) is 5.88 Å². The molecule has 1 heterocycles. The van der Waals surface area contributed by atoms with E-state index in [1.165, 1.54) is 13.3 Å². The van der Waals surface area contributed by atoms with E-state index >= 15 is 0 Å². The van der Waals surface area contributed by atoms with Crippen molar-refractivity contribution < 1.29 is 9.84 Å². The number of hydrogen-bond donors (Lipinski definition) is 3. The van der Waals surface area contributed by atoms with Gasteiger partial charge < -0.3 is 21.3 Å². The number of aromatic nitrogens is 1. The molecule has 0 aliphatic heterocycles. The normalized spacial score (nSPS) is 14.9. The number of aliphatic hydroxyl groups is 1. The van der Waals surface area contributed by atoms with Crippen molar-refractivity contribution in [3.05, 3.63) is 17.8 Å². The Morgan fingerprint density at radius 2 is 2.21 bits per heavy atom. The lowest BCUT2D eigenvalue weighted by molar-refractivity contribution is 0.162. The summed E-state index contributed by atoms with van der Waals surface area (Å²) in [6.07, 6.45) is 0.810. The van der Waals surface area contributed by atoms with Crippen LogP contribution >= 0.6 is 0 Å². The van der Waals surface area contributed by atoms with Crippen LogP contribution in [0.2, 0.25) is 0 Å². The molecule has 2 atom stereocenters. The summed E-state index contributed by atoms with van der Waals surface area (Å²) >= 11 is 0. The number of aliphatic hydroxyl groups excluding tert-OH is 1. The first-order chi connectivity index (χ1) is 6.56. The minimum absolute atomic E-state index is 0.396. The van der Waals surface area contributed by atoms with Crippen molar-refractivity contribution in [1.29, 1.82) is 0 Å². The molecular formula is C9H15N3O2. The molecule has 0 radical (unpaired) electrons. The summed E-state index contributed by atoms with van der Waals surface area (Å²) in [4.78, 5) is 3.96. The molecule has 0 spiro atoms. The van der Waals surface area contributed by atoms with Crippen molar-refractivity contribution in [2.24, 2.45) is 5.73 Å². The van der Waals surface area contributed by atoms with Crippen molar-refractivity contribution in [3.8, 4) is 5.88 Å². The quantitative estimate of drug-likeness (QED) is 0.636. The number of nitrogens with two attached hydrogens (primary N) is 2. The molecule has 1 rings (SSSR count). The predicted molar refractivity (Wildman–Crippen MR) is 53.8 cm³/mol. The second-order valence-corrected chi connectivity index (χ2v) is 3.13. The first kappa shape index (κ1) is 10.7. The van der Waals surface area contributed by atoms with Gasteiger partial charge in [-0.05, 0) is 13.0 Å². The Morgan fingerprint density at radius 3 is 2.71 bits per heavy atom. The average molecular weight is 197 g/mol. The highest BCUT2D eigenvalue weighted by atomic mass is 16.5. The second kappa shape index (κ2) is 4.26. The van der Waals surface area contributed by atoms with Crippen molar-refractivity contribution in [2.45, 2.75) is 19.1 Å². The van der Waals surface area contributed by atoms with Gasteiger partial charge in [0.1, 0.15) is 0 Å². The maximum absolute atomic E-state index is 9.34. The summed E-state index contributed by atoms with van der Waals surface area (Å²) in [5.41, 5.74) is 12.4. The first-order valence-corrected chi connectivity index (χ1v) is 4.29. The van der Waals surface area contributed by atoms with Gasteiger partial charge in [-0.2, -0.15) is 0 Å². The van der Waals surface area contributed by atoms with E-state index in [0.717, 1.165) is 0 Å². The van der Waals surface area contributed by atoms with E-state index in [0.29, 0.717) is 17.1 Å². The van der Waals surface area contributed by atoms with E-state index in [9.17, 15) is 5.11 Å². The molecule has 14 heavy (non-hydrogen) atoms. The zero-order valence-corrected chi connectivity index (χ0v) is 8.27. The SMILES string of the molecule is COc1ncc(N)cc1[C@H](N)[C@H](C)O. The molecule has 5 heteroatoms. The van der Waals surface area contributed by atoms with E-state index in [2.05, 4.69) is 4.98 Å². The minimum Gasteiger partial charge on any atom is -0.481 e. The highest BCUT2D eigenvalue weighted by molar-refractivity contribution is 5.44. The van der Waals surface area contributed by atoms with E-state index in [1.54, 1.807) is 13.0 Å². The number of hydrogen-bond acceptors (Lipinski definition) is 5. The van der Waals surface area contributed by atoms with Crippen LogP contribution in [0.15, 0.2) is 12.3 Å². The summed E-state index contributed by atoms with van der Waals surface area (Å²) in [5.74, 6) is 0.396. The molecule has 0 saturated heterocycles. The van der Waals surface area contributed by atoms with Crippen molar-refractivity contribution in [3.63, 3.8) is 0 Å². The van der Waals surface area contributed by atoms with Gasteiger partial charge in [0.25, 0.3) is 0 Å². The number of rotatable bonds is 3. The van der Waals surface area contributed by atoms with E-state index in [-0.39, 0.29) is 0 Å². The van der Waals surface area contributed by atoms with Crippen molar-refractivity contribution >= 4 is 5.69 Å². The Bertz CT molecular complexity index is 315. The number of ether oxygens (including phenoxy) is 1. The van der Waals surface area contributed by atoms with Crippen molar-refractivity contribution in [2.75, 3.05) is 12.8 Å². The summed E-state index contributed by atoms with van der Waals surface area (Å²) < 4.78 is 5.01. The van der Waals surface area contributed by atoms with Gasteiger partial charge >= 0.3 is 0 Å². The minimum atomic E-state index is -0.674. The predicted octanol–water partition coefficient (Wildman–Crippen LogP) is 0.0530. The van der Waals surface area contributed by atoms with Crippen LogP contribution in [0, 0.1) is 0 Å². The molecule has 0 aromatic carbocycles. The fraction of sp³-hybridized carbons (Fsp3) is 0.444. The van der Waals surface area contributed by atoms with Gasteiger partial charge in [0.05, 0.1) is 31.1 Å². The first-order valence-electron chi connectivity index (χ1n) is 4.29. The Balaban J connectivity index is 3.10. The third-order valence-corrected chi connectivity index (χ3v) is 1.97. The van der Waals surface area contributed by atoms with Gasteiger partial charge in [-0.3, -0.25) is 0 Å². The molecule has 78 valence electrons. The largest absolute Gasteiger partial charge is 0.481 e. The summed E-state index contributed by atoms with van der Waals surface area (Å²) in [6, 6.07) is 1.12. The number of methoxy groups -OCH3 is 1. The average Bonchev–Trinajstić information content (AvgIpc) is 2.16. The van der Waals surface area contributed by atoms with Crippen LogP contribution < -0.4 is 16.2 Å². The Labute approximate surface area is 82.7 Å². The fourth-order valence-corrected chi connectivity index (χ4v) is 1.16. The summed E-state index contributed by atoms with van der Waals surface area (Å²) in [6.45, 7) is 1.60. The van der Waals surface area contributed by atoms with E-state index < -0.39 is 12.1 Å². The highest BCUT2D eigenvalue weighted by Crippen LogP contribution is 2.25. The Hall–Kier alpha value is -1.33. The lowest BCUT2D eigenvalue weighted by Crippen LogP contribution is -2.24. The highest BCUT2D eigenvalue weighted by Gasteiger charge is 2.17. The second-order valence-electron chi connectivity index (χ2n) is 3.13. The molecule has 5 nitrogen and oxygen atoms in total. The molecule has 0 unspecified atom stereocenters. The van der Waals surface area contributed by atoms with Gasteiger partial charge in [-0.1, -0.05) is 0 Å². The van der Waals surface area contributed by atoms with Gasteiger partial charge in [0.2, 0.25) is 5.88 Å². The summed E-state index contributed by atoms with van der Waals surface area (Å²) in [7, 11) is 1.50. The smallest absolute Gasteiger partial charge is 0.218 e. The molecular weight excluding hydrogens is 182 g/mol. The number of nitrogen functional groups attached to an aromatic ring is 1. The van der Waals surface area contributed by atoms with Crippen molar-refractivity contribution in [1.82, 2.24) is 4.98 Å². The zero-order valence-electron chi connectivity index (χ0n) is 8.27. The van der Waals surface area contributed by atoms with Crippen LogP contribution in [0.1, 0.15) is 18.5 Å². The fourth-order valence-electron chi connectivity index (χ4n) is 1.16. The van der Waals surface area contributed by atoms with Gasteiger partial charge in [0, 0.05) is 5.56 Å². The molecule has 0 aliphatic carbocycles. The maximum atomic E-state index is 9.34. The Kier molecular flexibility index (Phi) is 3.27. The third kappa shape index (κ3) is 2.12. The standard InChI is InChI=1S/C9H15N3O2/c1-5(13)8(11)7-3-6(10)4-12-9(7)14-2/h3-5,8,13H,10-11H2,1-2H3/t5-,8+/m0/s1. The number of nitrogens with zero attached hydrogens (tertiary/aromatic N) is 1. The molecule has 0 saturated carbocycles. The van der Waals surface area contributed by atoms with Crippen LogP contribution in [0.4, 0.5) is 5.69 Å². The van der Waals surface area contributed by atoms with Gasteiger partial charge in [-0.15, -0.1) is 0 Å². The molecule has 1 aromatic heterocycles. The van der Waals surface area contributed by atoms with E-state index in [4.69, 9.17) is 16.2 Å².